The normalized spacial score (nSPS) is 27.7. The number of carboxylic acid groups (broad SMARTS) is 1. The molecule has 6 aliphatic rings. The van der Waals surface area contributed by atoms with Crippen LogP contribution in [0.25, 0.3) is 0 Å². The van der Waals surface area contributed by atoms with Crippen LogP contribution in [0.2, 0.25) is 0 Å². The van der Waals surface area contributed by atoms with Crippen LogP contribution in [0.15, 0.2) is 58.3 Å². The van der Waals surface area contributed by atoms with Crippen molar-refractivity contribution in [2.24, 2.45) is 11.8 Å². The van der Waals surface area contributed by atoms with Crippen molar-refractivity contribution < 1.29 is 108 Å². The van der Waals surface area contributed by atoms with Gasteiger partial charge in [-0.2, -0.15) is 12.8 Å². The average molecular weight is 2230 g/mol. The van der Waals surface area contributed by atoms with E-state index in [1.54, 1.807) is 38.6 Å². The van der Waals surface area contributed by atoms with Crippen LogP contribution in [0.1, 0.15) is 87.6 Å². The first kappa shape index (κ1) is 101. The number of rotatable bonds is 26. The first-order valence-electron chi connectivity index (χ1n) is 25.9. The van der Waals surface area contributed by atoms with Crippen molar-refractivity contribution in [2.75, 3.05) is 26.4 Å². The molecule has 2 aromatic rings. The number of hydrogen-bond acceptors (Lipinski definition) is 26. The Morgan fingerprint density at radius 1 is 0.611 bits per heavy atom. The minimum atomic E-state index is -3.76. The van der Waals surface area contributed by atoms with Gasteiger partial charge in [-0.1, -0.05) is 62.5 Å². The Morgan fingerprint density at radius 3 is 1.27 bits per heavy atom. The average Bonchev–Trinajstić information content (AvgIpc) is 1.80. The zero-order valence-corrected chi connectivity index (χ0v) is 85.4. The Kier molecular flexibility index (Phi) is 59.3. The molecule has 0 saturated carbocycles. The third kappa shape index (κ3) is 37.6. The molecule has 15 atom stereocenters. The van der Waals surface area contributed by atoms with E-state index in [1.807, 2.05) is 13.8 Å². The van der Waals surface area contributed by atoms with Crippen LogP contribution in [0.3, 0.4) is 0 Å². The summed E-state index contributed by atoms with van der Waals surface area (Å²) < 4.78 is 90.8. The number of non-ortho nitro benzene ring substituents is 2. The Hall–Kier alpha value is 8.92. The number of aliphatic hydroxyl groups is 2. The second kappa shape index (κ2) is 52.9. The Morgan fingerprint density at radius 2 is 0.933 bits per heavy atom. The molecular weight excluding hydrogens is 2160 g/mol. The molecule has 0 bridgehead atoms. The summed E-state index contributed by atoms with van der Waals surface area (Å²) in [6.07, 6.45) is 1.42. The van der Waals surface area contributed by atoms with Crippen molar-refractivity contribution >= 4 is 420 Å². The van der Waals surface area contributed by atoms with Crippen molar-refractivity contribution in [2.45, 2.75) is 154 Å². The van der Waals surface area contributed by atoms with Gasteiger partial charge in [0.2, 0.25) is 0 Å². The van der Waals surface area contributed by atoms with Gasteiger partial charge in [-0.05, 0) is 82.3 Å². The smallest absolute Gasteiger partial charge is 1.00 e. The van der Waals surface area contributed by atoms with Crippen LogP contribution >= 0.6 is 97.5 Å². The molecule has 490 valence electrons. The summed E-state index contributed by atoms with van der Waals surface area (Å²) in [5.41, 5.74) is -0.0498. The summed E-state index contributed by atoms with van der Waals surface area (Å²) >= 11 is 19.4. The number of ether oxygens (including phenoxy) is 6. The summed E-state index contributed by atoms with van der Waals surface area (Å²) in [7, 11) is 4.12. The van der Waals surface area contributed by atoms with Gasteiger partial charge in [0.15, 0.2) is 0 Å². The van der Waals surface area contributed by atoms with Crippen LogP contribution in [0.5, 0.6) is 0 Å². The Bertz CT molecular complexity index is 2450. The molecule has 0 spiro atoms. The van der Waals surface area contributed by atoms with Gasteiger partial charge in [0.25, 0.3) is 15.2 Å². The van der Waals surface area contributed by atoms with Gasteiger partial charge in [0, 0.05) is 79.3 Å². The van der Waals surface area contributed by atoms with Gasteiger partial charge in [-0.25, -0.2) is 53.6 Å². The number of hydrogen-bond donors (Lipinski definition) is 4. The molecule has 42 heteroatoms. The predicted molar refractivity (Wildman–Crippen MR) is 361 cm³/mol. The van der Waals surface area contributed by atoms with Gasteiger partial charge < -0.3 is 66.2 Å². The van der Waals surface area contributed by atoms with E-state index in [4.69, 9.17) is 107 Å². The molecule has 1 unspecified atom stereocenters. The van der Waals surface area contributed by atoms with Gasteiger partial charge in [-0.15, -0.1) is 25.7 Å². The minimum Gasteiger partial charge on any atom is -1.00 e. The van der Waals surface area contributed by atoms with E-state index in [0.29, 0.717) is 41.4 Å². The van der Waals surface area contributed by atoms with Gasteiger partial charge in [0.05, 0.1) is 72.9 Å². The maximum absolute atomic E-state index is 13.5. The van der Waals surface area contributed by atoms with E-state index in [2.05, 4.69) is 13.8 Å². The third-order valence-electron chi connectivity index (χ3n) is 12.6. The SMILES string of the molecule is CC[C@H]1O[CH-]C[C@H]1OP(O)(=S)OC[C@H]1O[CH-]C[C@H]1C.CC[C@H]1O[CH-]C[C@H]1O[P@](=O)(OC[C@H]1O[CH-]C[C@H]1C)SSc1ccc([N+](=O)[O-])cc1.O=C(O)C(Cl)(Cl)Cl.O=[N+]([O-])c1ccc(SS[P@@](=O)(OC[C@H]2O[CH-]C[C@H]2O)O[C@@H]2C[CH-]O[C@@H]2CO)cc1.[Ba+2].[Ba+2].[Ba+2].[Ba+2].[Ba+2].[Ba+2].[H-].[H-].[H-].[H-].[H-].[H-]. The van der Waals surface area contributed by atoms with Crippen molar-refractivity contribution in [3.63, 3.8) is 0 Å². The number of halogens is 3. The van der Waals surface area contributed by atoms with E-state index in [-0.39, 0.29) is 382 Å². The standard InChI is InChI=1S/C18H24NO7PS2.C16H20NO9PS2.C12H21O5PS.C2HCl3O2.6Ba.6H/c1-3-16-17(9-11-23-16)26-27(22,25-12-18-13(2)8-10-24-18)29-28-15-6-4-14(5-7-15)19(20)21;18-9-15-14(6-8-23-15)26-27(22,25-10-16-13(19)5-7-24-16)29-28-12-3-1-11(2-4-12)17(20)21;1-3-10-11(5-7-14-10)17-18(13,19)16-8-12-9(2)4-6-15-12;3-2(4,5)1(6)7;;;;;;;;;;;;/h4-7,10-11,13,16-18H,3,8-9,12H2,1-2H3;1-4,7-8,13-16,18-19H,5-6,9-10H2;6-7,9-12H,3-5,8H2,1-2H3,(H,13,19);(H,6,7);;;;;;;;;;;;/q3*-2;;6*+2;6*-1/t13-,16-,17-,18-,27+;13-,14-,15-,16-,27+;9-,10-,11-,12-,18?;;;;;;;;;;;;;/m111............./s1. The molecule has 4 N–H and O–H groups in total. The maximum atomic E-state index is 13.5. The number of aliphatic carboxylic acids is 1. The molecule has 90 heavy (non-hydrogen) atoms. The number of alkyl halides is 3. The molecule has 0 radical (unpaired) electrons. The molecule has 6 saturated heterocycles. The molecule has 0 aromatic heterocycles. The number of nitro groups is 2. The second-order valence-electron chi connectivity index (χ2n) is 18.8. The summed E-state index contributed by atoms with van der Waals surface area (Å²) in [5.74, 6) is -0.804. The Balaban J connectivity index is -0.000000184. The van der Waals surface area contributed by atoms with Crippen LogP contribution in [-0.2, 0) is 81.3 Å². The molecule has 6 aliphatic heterocycles. The summed E-state index contributed by atoms with van der Waals surface area (Å²) in [5, 5.41) is 48.6. The molecular formula is C48H72Ba6Cl3N2O23P3S5. The topological polar surface area (TPSA) is 329 Å². The third-order valence-corrected chi connectivity index (χ3v) is 26.6. The quantitative estimate of drug-likeness (QED) is 0.0129. The molecule has 6 fully saturated rings. The van der Waals surface area contributed by atoms with E-state index >= 15 is 0 Å². The molecule has 2 aromatic carbocycles. The maximum Gasteiger partial charge on any atom is 2.00 e. The van der Waals surface area contributed by atoms with E-state index in [1.165, 1.54) is 60.4 Å². The fraction of sp³-hybridized carbons (Fsp3) is 0.604. The number of nitro benzene ring substituents is 2. The largest absolute Gasteiger partial charge is 2.00 e. The number of aliphatic hydroxyl groups excluding tert-OH is 2. The summed E-state index contributed by atoms with van der Waals surface area (Å²) in [6.45, 7) is 7.38. The van der Waals surface area contributed by atoms with Gasteiger partial charge in [0.1, 0.15) is 0 Å². The summed E-state index contributed by atoms with van der Waals surface area (Å²) in [4.78, 5) is 41.6. The van der Waals surface area contributed by atoms with Crippen molar-refractivity contribution in [1.29, 1.82) is 0 Å². The monoisotopic (exact) mass is 2230 g/mol. The van der Waals surface area contributed by atoms with Gasteiger partial charge >= 0.3 is 320 Å². The van der Waals surface area contributed by atoms with Crippen LogP contribution in [0, 0.1) is 71.7 Å². The van der Waals surface area contributed by atoms with E-state index in [9.17, 15) is 49.3 Å². The van der Waals surface area contributed by atoms with Crippen molar-refractivity contribution in [1.82, 2.24) is 0 Å². The summed E-state index contributed by atoms with van der Waals surface area (Å²) in [6, 6.07) is 11.8. The first-order valence-corrected chi connectivity index (χ1v) is 38.2. The fourth-order valence-corrected chi connectivity index (χ4v) is 19.9. The van der Waals surface area contributed by atoms with Crippen molar-refractivity contribution in [3.05, 3.63) is 108 Å². The Labute approximate surface area is 811 Å². The van der Waals surface area contributed by atoms with Gasteiger partial charge in [-0.3, -0.25) is 38.3 Å². The van der Waals surface area contributed by atoms with E-state index in [0.717, 1.165) is 57.3 Å². The second-order valence-corrected chi connectivity index (χ2v) is 35.4. The number of carboxylic acids is 1. The predicted octanol–water partition coefficient (Wildman–Crippen LogP) is 11.3. The minimum absolute atomic E-state index is 0. The van der Waals surface area contributed by atoms with Crippen molar-refractivity contribution in [3.8, 4) is 0 Å². The zero-order valence-electron chi connectivity index (χ0n) is 55.7. The molecule has 6 heterocycles. The van der Waals surface area contributed by atoms with Crippen LogP contribution < -0.4 is 0 Å². The molecule has 0 amide bonds. The fourth-order valence-electron chi connectivity index (χ4n) is 7.66. The molecule has 25 nitrogen and oxygen atoms in total. The van der Waals surface area contributed by atoms with Crippen LogP contribution in [0.4, 0.5) is 11.4 Å². The number of carbonyl (C=O) groups is 1. The first-order chi connectivity index (χ1) is 39.8. The molecule has 0 aliphatic carbocycles. The zero-order chi connectivity index (χ0) is 61.7. The number of benzene rings is 2. The molecule has 8 rings (SSSR count). The number of nitrogens with zero attached hydrogens (tertiary/aromatic N) is 2. The van der Waals surface area contributed by atoms with E-state index < -0.39 is 64.3 Å². The van der Waals surface area contributed by atoms with Crippen LogP contribution in [-0.4, -0.2) is 421 Å².